The Hall–Kier alpha value is -1.33. The van der Waals surface area contributed by atoms with Crippen LogP contribution in [0.2, 0.25) is 0 Å². The van der Waals surface area contributed by atoms with Crippen LogP contribution in [0.25, 0.3) is 0 Å². The van der Waals surface area contributed by atoms with Gasteiger partial charge in [0.2, 0.25) is 5.91 Å². The summed E-state index contributed by atoms with van der Waals surface area (Å²) in [5, 5.41) is 3.18. The Bertz CT molecular complexity index is 498. The number of ketones is 1. The summed E-state index contributed by atoms with van der Waals surface area (Å²) in [6, 6.07) is 7.25. The van der Waals surface area contributed by atoms with Crippen molar-refractivity contribution in [2.75, 3.05) is 23.1 Å². The van der Waals surface area contributed by atoms with Crippen molar-refractivity contribution in [1.29, 1.82) is 0 Å². The summed E-state index contributed by atoms with van der Waals surface area (Å²) < 4.78 is 0. The van der Waals surface area contributed by atoms with Crippen molar-refractivity contribution in [3.05, 3.63) is 29.8 Å². The van der Waals surface area contributed by atoms with Gasteiger partial charge in [-0.3, -0.25) is 14.9 Å². The van der Waals surface area contributed by atoms with Crippen LogP contribution in [0.1, 0.15) is 16.8 Å². The summed E-state index contributed by atoms with van der Waals surface area (Å²) in [6.45, 7) is 0.498. The summed E-state index contributed by atoms with van der Waals surface area (Å²) in [7, 11) is 0. The Morgan fingerprint density at radius 2 is 2.22 bits per heavy atom. The zero-order valence-electron chi connectivity index (χ0n) is 9.89. The highest BCUT2D eigenvalue weighted by Crippen LogP contribution is 2.28. The van der Waals surface area contributed by atoms with Crippen molar-refractivity contribution in [3.63, 3.8) is 0 Å². The van der Waals surface area contributed by atoms with Gasteiger partial charge >= 0.3 is 0 Å². The van der Waals surface area contributed by atoms with Crippen molar-refractivity contribution in [1.82, 2.24) is 5.32 Å². The number of fused-ring (bicyclic) bond motifs is 1. The van der Waals surface area contributed by atoms with E-state index < -0.39 is 0 Å². The Kier molecular flexibility index (Phi) is 3.09. The van der Waals surface area contributed by atoms with E-state index in [0.29, 0.717) is 18.5 Å². The van der Waals surface area contributed by atoms with E-state index in [2.05, 4.69) is 5.32 Å². The van der Waals surface area contributed by atoms with E-state index in [1.54, 1.807) is 22.7 Å². The minimum Gasteiger partial charge on any atom is -0.310 e. The first kappa shape index (κ1) is 11.7. The van der Waals surface area contributed by atoms with Crippen molar-refractivity contribution in [2.24, 2.45) is 0 Å². The van der Waals surface area contributed by atoms with Crippen LogP contribution in [-0.4, -0.2) is 35.9 Å². The number of rotatable bonds is 1. The van der Waals surface area contributed by atoms with Gasteiger partial charge in [0.1, 0.15) is 0 Å². The van der Waals surface area contributed by atoms with Crippen LogP contribution < -0.4 is 10.2 Å². The fourth-order valence-electron chi connectivity index (χ4n) is 2.38. The number of thioether (sulfide) groups is 1. The van der Waals surface area contributed by atoms with Gasteiger partial charge in [-0.05, 0) is 12.1 Å². The summed E-state index contributed by atoms with van der Waals surface area (Å²) in [5.41, 5.74) is 1.43. The number of Topliss-reactive ketones (excluding diaryl/α,β-unsaturated/α-hetero) is 1. The fourth-order valence-corrected chi connectivity index (χ4v) is 3.32. The number of anilines is 1. The summed E-state index contributed by atoms with van der Waals surface area (Å²) in [6.07, 6.45) is 0.419. The van der Waals surface area contributed by atoms with Gasteiger partial charge in [-0.1, -0.05) is 12.1 Å². The quantitative estimate of drug-likeness (QED) is 0.828. The third kappa shape index (κ3) is 1.93. The summed E-state index contributed by atoms with van der Waals surface area (Å²) >= 11 is 1.73. The van der Waals surface area contributed by atoms with Gasteiger partial charge in [0.25, 0.3) is 0 Å². The third-order valence-electron chi connectivity index (χ3n) is 3.34. The van der Waals surface area contributed by atoms with E-state index in [0.717, 1.165) is 17.3 Å². The van der Waals surface area contributed by atoms with Crippen molar-refractivity contribution < 1.29 is 9.59 Å². The molecule has 3 rings (SSSR count). The van der Waals surface area contributed by atoms with Crippen LogP contribution in [0.15, 0.2) is 24.3 Å². The second-order valence-electron chi connectivity index (χ2n) is 4.45. The molecule has 1 aromatic rings. The lowest BCUT2D eigenvalue weighted by Crippen LogP contribution is -2.47. The highest BCUT2D eigenvalue weighted by molar-refractivity contribution is 7.99. The molecule has 2 aliphatic rings. The van der Waals surface area contributed by atoms with Crippen molar-refractivity contribution >= 4 is 29.1 Å². The Morgan fingerprint density at radius 3 is 3.00 bits per heavy atom. The van der Waals surface area contributed by atoms with Crippen molar-refractivity contribution in [3.8, 4) is 0 Å². The number of amides is 1. The molecule has 18 heavy (non-hydrogen) atoms. The standard InChI is InChI=1S/C13H14N2O2S/c16-12-5-6-15(11-4-2-1-3-9(11)12)13(17)10-7-18-8-14-10/h1-4,10,14H,5-8H2. The fraction of sp³-hybridized carbons (Fsp3) is 0.385. The van der Waals surface area contributed by atoms with Crippen LogP contribution >= 0.6 is 11.8 Å². The molecule has 0 aromatic heterocycles. The topological polar surface area (TPSA) is 49.4 Å². The second-order valence-corrected chi connectivity index (χ2v) is 5.48. The average Bonchev–Trinajstić information content (AvgIpc) is 2.93. The molecule has 1 amide bonds. The lowest BCUT2D eigenvalue weighted by atomic mass is 10.00. The number of carbonyl (C=O) groups is 2. The van der Waals surface area contributed by atoms with Crippen LogP contribution in [0.5, 0.6) is 0 Å². The van der Waals surface area contributed by atoms with E-state index in [4.69, 9.17) is 0 Å². The molecule has 0 spiro atoms. The SMILES string of the molecule is O=C1CCN(C(=O)C2CSCN2)c2ccccc21. The normalized spacial score (nSPS) is 23.0. The molecule has 1 saturated heterocycles. The molecule has 4 nitrogen and oxygen atoms in total. The number of nitrogens with one attached hydrogen (secondary N) is 1. The Morgan fingerprint density at radius 1 is 1.39 bits per heavy atom. The lowest BCUT2D eigenvalue weighted by Gasteiger charge is -2.30. The molecule has 1 atom stereocenters. The molecule has 1 N–H and O–H groups in total. The highest BCUT2D eigenvalue weighted by Gasteiger charge is 2.32. The predicted molar refractivity (Wildman–Crippen MR) is 72.0 cm³/mol. The first-order chi connectivity index (χ1) is 8.77. The number of nitrogens with zero attached hydrogens (tertiary/aromatic N) is 1. The molecule has 0 aliphatic carbocycles. The molecule has 1 aromatic carbocycles. The zero-order chi connectivity index (χ0) is 12.5. The van der Waals surface area contributed by atoms with Gasteiger partial charge in [0.05, 0.1) is 11.7 Å². The average molecular weight is 262 g/mol. The zero-order valence-corrected chi connectivity index (χ0v) is 10.7. The van der Waals surface area contributed by atoms with Crippen LogP contribution in [-0.2, 0) is 4.79 Å². The molecular formula is C13H14N2O2S. The number of para-hydroxylation sites is 1. The molecule has 2 aliphatic heterocycles. The maximum Gasteiger partial charge on any atom is 0.245 e. The van der Waals surface area contributed by atoms with Gasteiger partial charge < -0.3 is 4.90 Å². The summed E-state index contributed by atoms with van der Waals surface area (Å²) in [4.78, 5) is 26.0. The minimum atomic E-state index is -0.115. The molecule has 0 bridgehead atoms. The van der Waals surface area contributed by atoms with E-state index in [1.165, 1.54) is 0 Å². The molecule has 94 valence electrons. The predicted octanol–water partition coefficient (Wildman–Crippen LogP) is 1.27. The number of benzene rings is 1. The minimum absolute atomic E-state index is 0.0833. The first-order valence-electron chi connectivity index (χ1n) is 6.02. The number of hydrogen-bond acceptors (Lipinski definition) is 4. The molecule has 1 fully saturated rings. The maximum absolute atomic E-state index is 12.4. The van der Waals surface area contributed by atoms with E-state index in [9.17, 15) is 9.59 Å². The van der Waals surface area contributed by atoms with E-state index >= 15 is 0 Å². The lowest BCUT2D eigenvalue weighted by molar-refractivity contribution is -0.119. The van der Waals surface area contributed by atoms with E-state index in [-0.39, 0.29) is 17.7 Å². The molecule has 0 radical (unpaired) electrons. The molecule has 0 saturated carbocycles. The molecule has 2 heterocycles. The highest BCUT2D eigenvalue weighted by atomic mass is 32.2. The third-order valence-corrected chi connectivity index (χ3v) is 4.28. The monoisotopic (exact) mass is 262 g/mol. The smallest absolute Gasteiger partial charge is 0.245 e. The summed E-state index contributed by atoms with van der Waals surface area (Å²) in [5.74, 6) is 1.85. The Labute approximate surface area is 110 Å². The van der Waals surface area contributed by atoms with Gasteiger partial charge in [-0.15, -0.1) is 11.8 Å². The van der Waals surface area contributed by atoms with Crippen LogP contribution in [0.3, 0.4) is 0 Å². The van der Waals surface area contributed by atoms with Gasteiger partial charge in [0.15, 0.2) is 5.78 Å². The van der Waals surface area contributed by atoms with Gasteiger partial charge in [-0.2, -0.15) is 0 Å². The molecule has 1 unspecified atom stereocenters. The number of hydrogen-bond donors (Lipinski definition) is 1. The van der Waals surface area contributed by atoms with E-state index in [1.807, 2.05) is 18.2 Å². The molecule has 5 heteroatoms. The first-order valence-corrected chi connectivity index (χ1v) is 7.17. The van der Waals surface area contributed by atoms with Gasteiger partial charge in [0, 0.05) is 30.2 Å². The maximum atomic E-state index is 12.4. The van der Waals surface area contributed by atoms with Crippen molar-refractivity contribution in [2.45, 2.75) is 12.5 Å². The molecular weight excluding hydrogens is 248 g/mol. The van der Waals surface area contributed by atoms with Crippen LogP contribution in [0, 0.1) is 0 Å². The number of carbonyl (C=O) groups excluding carboxylic acids is 2. The van der Waals surface area contributed by atoms with Gasteiger partial charge in [-0.25, -0.2) is 0 Å². The largest absolute Gasteiger partial charge is 0.310 e. The van der Waals surface area contributed by atoms with Crippen LogP contribution in [0.4, 0.5) is 5.69 Å². The second kappa shape index (κ2) is 4.74. The Balaban J connectivity index is 1.92.